The molecule has 0 aliphatic carbocycles. The predicted molar refractivity (Wildman–Crippen MR) is 433 cm³/mol. The molecule has 0 bridgehead atoms. The molecule has 0 aromatic carbocycles. The van der Waals surface area contributed by atoms with Crippen molar-refractivity contribution in [1.82, 2.24) is 5.32 Å². The number of aliphatic hydroxyl groups excluding tert-OH is 8. The molecule has 2 saturated heterocycles. The van der Waals surface area contributed by atoms with E-state index in [0.717, 1.165) is 109 Å². The molecule has 0 aromatic rings. The van der Waals surface area contributed by atoms with Gasteiger partial charge in [-0.3, -0.25) is 4.79 Å². The van der Waals surface area contributed by atoms with E-state index in [4.69, 9.17) is 18.9 Å². The highest BCUT2D eigenvalue weighted by Gasteiger charge is 2.51. The molecule has 14 nitrogen and oxygen atoms in total. The van der Waals surface area contributed by atoms with E-state index in [1.54, 1.807) is 6.08 Å². The number of hydrogen-bond acceptors (Lipinski definition) is 13. The van der Waals surface area contributed by atoms with Gasteiger partial charge in [0.2, 0.25) is 5.91 Å². The maximum absolute atomic E-state index is 13.4. The second kappa shape index (κ2) is 72.0. The van der Waals surface area contributed by atoms with Crippen molar-refractivity contribution in [1.29, 1.82) is 0 Å². The lowest BCUT2D eigenvalue weighted by atomic mass is 9.97. The van der Waals surface area contributed by atoms with Crippen LogP contribution >= 0.6 is 0 Å². The Balaban J connectivity index is 1.61. The van der Waals surface area contributed by atoms with Gasteiger partial charge in [-0.05, 0) is 96.3 Å². The SMILES string of the molecule is CC/C=C\C/C=C\C/C=C\C/C=C\C/C=C\C/C=C\C/C=C\C/C=C\C/C=C\C/C=C\CCCCCCCCCCCCC(=O)NC(COC1OC(CO)C(OC2OC(CO)C(O)C(O)C2O)C(O)C1O)C(O)/C=C/CCCCCCCCCCCCCCCCCCCCCCCCCCCCC. The summed E-state index contributed by atoms with van der Waals surface area (Å²) in [5.74, 6) is -0.245. The smallest absolute Gasteiger partial charge is 0.220 e. The first-order valence-electron chi connectivity index (χ1n) is 42.4. The zero-order valence-electron chi connectivity index (χ0n) is 65.7. The Hall–Kier alpha value is -3.87. The van der Waals surface area contributed by atoms with Crippen LogP contribution in [0.5, 0.6) is 0 Å². The summed E-state index contributed by atoms with van der Waals surface area (Å²) in [6.45, 7) is 2.72. The molecule has 104 heavy (non-hydrogen) atoms. The van der Waals surface area contributed by atoms with E-state index in [1.165, 1.54) is 199 Å². The van der Waals surface area contributed by atoms with E-state index in [1.807, 2.05) is 6.08 Å². The summed E-state index contributed by atoms with van der Waals surface area (Å²) >= 11 is 0. The van der Waals surface area contributed by atoms with Gasteiger partial charge in [-0.15, -0.1) is 0 Å². The zero-order valence-corrected chi connectivity index (χ0v) is 65.7. The van der Waals surface area contributed by atoms with Crippen LogP contribution in [0.25, 0.3) is 0 Å². The summed E-state index contributed by atoms with van der Waals surface area (Å²) in [6, 6.07) is -0.928. The second-order valence-electron chi connectivity index (χ2n) is 29.2. The Kier molecular flexibility index (Phi) is 66.6. The normalized spacial score (nSPS) is 22.2. The summed E-state index contributed by atoms with van der Waals surface area (Å²) in [5.41, 5.74) is 0. The van der Waals surface area contributed by atoms with Crippen molar-refractivity contribution in [2.24, 2.45) is 0 Å². The number of unbranched alkanes of at least 4 members (excludes halogenated alkanes) is 37. The van der Waals surface area contributed by atoms with Crippen LogP contribution in [0.15, 0.2) is 134 Å². The minimum atomic E-state index is -1.80. The third kappa shape index (κ3) is 53.8. The topological polar surface area (TPSA) is 228 Å². The number of rotatable bonds is 70. The molecular formula is C90H155NO13. The van der Waals surface area contributed by atoms with E-state index in [0.29, 0.717) is 6.42 Å². The van der Waals surface area contributed by atoms with E-state index in [2.05, 4.69) is 141 Å². The fourth-order valence-corrected chi connectivity index (χ4v) is 13.2. The highest BCUT2D eigenvalue weighted by molar-refractivity contribution is 5.76. The number of carbonyl (C=O) groups is 1. The lowest BCUT2D eigenvalue weighted by Gasteiger charge is -2.46. The third-order valence-electron chi connectivity index (χ3n) is 19.8. The van der Waals surface area contributed by atoms with E-state index in [9.17, 15) is 45.6 Å². The molecule has 0 aromatic heterocycles. The fourth-order valence-electron chi connectivity index (χ4n) is 13.2. The molecule has 2 fully saturated rings. The van der Waals surface area contributed by atoms with Gasteiger partial charge in [0.05, 0.1) is 32.0 Å². The Bertz CT molecular complexity index is 2270. The lowest BCUT2D eigenvalue weighted by molar-refractivity contribution is -0.359. The Morgan fingerprint density at radius 3 is 1.02 bits per heavy atom. The minimum Gasteiger partial charge on any atom is -0.394 e. The highest BCUT2D eigenvalue weighted by Crippen LogP contribution is 2.30. The molecule has 2 rings (SSSR count). The second-order valence-corrected chi connectivity index (χ2v) is 29.2. The summed E-state index contributed by atoms with van der Waals surface area (Å²) in [4.78, 5) is 13.4. The largest absolute Gasteiger partial charge is 0.394 e. The van der Waals surface area contributed by atoms with Crippen molar-refractivity contribution in [2.75, 3.05) is 19.8 Å². The molecule has 12 unspecified atom stereocenters. The molecule has 2 aliphatic heterocycles. The molecule has 12 atom stereocenters. The molecule has 0 radical (unpaired) electrons. The van der Waals surface area contributed by atoms with Crippen LogP contribution in [0.3, 0.4) is 0 Å². The first-order valence-corrected chi connectivity index (χ1v) is 42.4. The molecule has 0 spiro atoms. The Morgan fingerprint density at radius 1 is 0.356 bits per heavy atom. The number of nitrogens with one attached hydrogen (secondary N) is 1. The van der Waals surface area contributed by atoms with E-state index < -0.39 is 86.8 Å². The number of allylic oxidation sites excluding steroid dienone is 21. The first-order chi connectivity index (χ1) is 51.1. The van der Waals surface area contributed by atoms with Gasteiger partial charge in [-0.1, -0.05) is 366 Å². The van der Waals surface area contributed by atoms with Gasteiger partial charge in [-0.2, -0.15) is 0 Å². The number of aliphatic hydroxyl groups is 8. The maximum atomic E-state index is 13.4. The van der Waals surface area contributed by atoms with Crippen molar-refractivity contribution in [3.8, 4) is 0 Å². The molecule has 1 amide bonds. The molecule has 14 heteroatoms. The Morgan fingerprint density at radius 2 is 0.663 bits per heavy atom. The number of carbonyl (C=O) groups excluding carboxylic acids is 1. The zero-order chi connectivity index (χ0) is 75.1. The van der Waals surface area contributed by atoms with Crippen LogP contribution in [0.1, 0.15) is 335 Å². The monoisotopic (exact) mass is 1460 g/mol. The molecule has 0 saturated carbocycles. The number of amides is 1. The Labute approximate surface area is 634 Å². The van der Waals surface area contributed by atoms with Crippen LogP contribution in [-0.2, 0) is 23.7 Å². The summed E-state index contributed by atoms with van der Waals surface area (Å²) in [5, 5.41) is 87.8. The fraction of sp³-hybridized carbons (Fsp3) is 0.744. The van der Waals surface area contributed by atoms with Crippen LogP contribution in [0.4, 0.5) is 0 Å². The maximum Gasteiger partial charge on any atom is 0.220 e. The van der Waals surface area contributed by atoms with Gasteiger partial charge in [0.15, 0.2) is 12.6 Å². The quantitative estimate of drug-likeness (QED) is 0.0204. The van der Waals surface area contributed by atoms with Crippen LogP contribution in [0, 0.1) is 0 Å². The van der Waals surface area contributed by atoms with Crippen molar-refractivity contribution >= 4 is 5.91 Å². The van der Waals surface area contributed by atoms with Gasteiger partial charge in [0.1, 0.15) is 48.8 Å². The van der Waals surface area contributed by atoms with Gasteiger partial charge >= 0.3 is 0 Å². The van der Waals surface area contributed by atoms with Gasteiger partial charge in [0, 0.05) is 6.42 Å². The average molecular weight is 1460 g/mol. The summed E-state index contributed by atoms with van der Waals surface area (Å²) in [7, 11) is 0. The summed E-state index contributed by atoms with van der Waals surface area (Å²) in [6.07, 6.45) is 91.0. The van der Waals surface area contributed by atoms with Gasteiger partial charge in [-0.25, -0.2) is 0 Å². The predicted octanol–water partition coefficient (Wildman–Crippen LogP) is 20.1. The number of ether oxygens (including phenoxy) is 4. The van der Waals surface area contributed by atoms with Gasteiger partial charge < -0.3 is 65.1 Å². The molecule has 598 valence electrons. The standard InChI is InChI=1S/C90H155NO13/c1-3-5-7-9-11-13-15-17-19-21-23-25-27-29-31-33-34-35-36-37-38-39-40-41-42-43-44-46-48-50-52-54-56-58-60-62-64-66-68-70-72-74-82(95)91-78(77-101-89-87(100)85(98)88(81(76-93)103-89)104-90-86(99)84(97)83(96)80(75-92)102-90)79(94)73-71-69-67-65-63-61-59-57-55-53-51-49-47-45-32-30-28-26-24-22-20-18-16-14-12-10-8-6-4-2/h5,7,11,13,17,19,23,25,29,31,34-35,37-38,40-41,43-44,48,50,71,73,78-81,83-90,92-94,96-100H,3-4,6,8-10,12,14-16,18,20-22,24,26-28,30,32-33,36,39,42,45-47,49,51-70,72,74-77H2,1-2H3,(H,91,95)/b7-5-,13-11-,19-17-,25-23-,31-29-,35-34-,38-37-,41-40-,44-43-,50-48-,73-71+. The van der Waals surface area contributed by atoms with Crippen molar-refractivity contribution in [2.45, 2.75) is 408 Å². The van der Waals surface area contributed by atoms with Crippen molar-refractivity contribution in [3.63, 3.8) is 0 Å². The van der Waals surface area contributed by atoms with Crippen molar-refractivity contribution < 1.29 is 64.6 Å². The van der Waals surface area contributed by atoms with Gasteiger partial charge in [0.25, 0.3) is 0 Å². The van der Waals surface area contributed by atoms with Crippen molar-refractivity contribution in [3.05, 3.63) is 134 Å². The van der Waals surface area contributed by atoms with E-state index in [-0.39, 0.29) is 18.9 Å². The van der Waals surface area contributed by atoms with Crippen LogP contribution in [0.2, 0.25) is 0 Å². The summed E-state index contributed by atoms with van der Waals surface area (Å²) < 4.78 is 22.9. The molecule has 2 aliphatic rings. The third-order valence-corrected chi connectivity index (χ3v) is 19.8. The molecule has 2 heterocycles. The minimum absolute atomic E-state index is 0.245. The lowest BCUT2D eigenvalue weighted by Crippen LogP contribution is -2.65. The van der Waals surface area contributed by atoms with E-state index >= 15 is 0 Å². The first kappa shape index (κ1) is 96.2. The van der Waals surface area contributed by atoms with Crippen LogP contribution in [-0.4, -0.2) is 140 Å². The highest BCUT2D eigenvalue weighted by atomic mass is 16.7. The molecule has 9 N–H and O–H groups in total. The van der Waals surface area contributed by atoms with Crippen LogP contribution < -0.4 is 5.32 Å². The average Bonchev–Trinajstić information content (AvgIpc) is 0.789. The number of hydrogen-bond donors (Lipinski definition) is 9. The molecular weight excluding hydrogens is 1300 g/mol.